The molecular weight excluding hydrogens is 342 g/mol. The molecule has 1 aliphatic carbocycles. The van der Waals surface area contributed by atoms with E-state index in [0.29, 0.717) is 19.7 Å². The van der Waals surface area contributed by atoms with Crippen LogP contribution in [0.25, 0.3) is 0 Å². The second-order valence-electron chi connectivity index (χ2n) is 7.28. The fraction of sp³-hybridized carbons (Fsp3) is 0.882. The van der Waals surface area contributed by atoms with Gasteiger partial charge >= 0.3 is 5.97 Å². The Morgan fingerprint density at radius 3 is 2.64 bits per heavy atom. The van der Waals surface area contributed by atoms with Gasteiger partial charge in [-0.1, -0.05) is 0 Å². The number of nitrogens with zero attached hydrogens (tertiary/aromatic N) is 2. The second kappa shape index (κ2) is 8.38. The number of hydrogen-bond acceptors (Lipinski definition) is 5. The summed E-state index contributed by atoms with van der Waals surface area (Å²) in [5.41, 5.74) is -0.190. The van der Waals surface area contributed by atoms with Gasteiger partial charge in [0.15, 0.2) is 5.96 Å². The lowest BCUT2D eigenvalue weighted by molar-refractivity contribution is -0.149. The molecule has 1 saturated heterocycles. The van der Waals surface area contributed by atoms with Crippen molar-refractivity contribution in [3.05, 3.63) is 0 Å². The molecule has 0 amide bonds. The molecule has 0 radical (unpaired) electrons. The van der Waals surface area contributed by atoms with Crippen LogP contribution in [0.5, 0.6) is 0 Å². The highest BCUT2D eigenvalue weighted by molar-refractivity contribution is 7.90. The molecule has 1 N–H and O–H groups in total. The number of ether oxygens (including phenoxy) is 1. The Kier molecular flexibility index (Phi) is 6.71. The average molecular weight is 374 g/mol. The smallest absolute Gasteiger partial charge is 0.310 e. The molecule has 144 valence electrons. The molecule has 2 aliphatic rings. The van der Waals surface area contributed by atoms with Crippen molar-refractivity contribution in [1.82, 2.24) is 10.2 Å². The Morgan fingerprint density at radius 1 is 1.36 bits per heavy atom. The van der Waals surface area contributed by atoms with Crippen molar-refractivity contribution in [2.75, 3.05) is 44.8 Å². The van der Waals surface area contributed by atoms with Gasteiger partial charge in [0, 0.05) is 37.8 Å². The lowest BCUT2D eigenvalue weighted by atomic mass is 9.98. The predicted molar refractivity (Wildman–Crippen MR) is 98.3 cm³/mol. The molecule has 25 heavy (non-hydrogen) atoms. The summed E-state index contributed by atoms with van der Waals surface area (Å²) in [7, 11) is -3.00. The summed E-state index contributed by atoms with van der Waals surface area (Å²) < 4.78 is 28.4. The highest BCUT2D eigenvalue weighted by Crippen LogP contribution is 2.47. The van der Waals surface area contributed by atoms with E-state index in [1.807, 2.05) is 13.8 Å². The molecule has 0 aromatic rings. The van der Waals surface area contributed by atoms with Crippen molar-refractivity contribution in [2.24, 2.45) is 16.3 Å². The minimum atomic E-state index is -3.00. The fourth-order valence-corrected chi connectivity index (χ4v) is 4.86. The van der Waals surface area contributed by atoms with Crippen LogP contribution in [0, 0.1) is 11.3 Å². The largest absolute Gasteiger partial charge is 0.466 e. The summed E-state index contributed by atoms with van der Waals surface area (Å²) in [5.74, 6) is 0.715. The van der Waals surface area contributed by atoms with Crippen molar-refractivity contribution < 1.29 is 17.9 Å². The van der Waals surface area contributed by atoms with E-state index in [4.69, 9.17) is 9.73 Å². The summed E-state index contributed by atoms with van der Waals surface area (Å²) in [4.78, 5) is 18.8. The van der Waals surface area contributed by atoms with E-state index < -0.39 is 9.84 Å². The number of rotatable bonds is 7. The van der Waals surface area contributed by atoms with Crippen molar-refractivity contribution in [3.8, 4) is 0 Å². The Labute approximate surface area is 151 Å². The minimum absolute atomic E-state index is 0.122. The van der Waals surface area contributed by atoms with Crippen molar-refractivity contribution >= 4 is 21.8 Å². The van der Waals surface area contributed by atoms with E-state index in [1.54, 1.807) is 0 Å². The summed E-state index contributed by atoms with van der Waals surface area (Å²) in [5, 5.41) is 3.28. The number of guanidine groups is 1. The SMILES string of the molecule is CCNC(=NCC1(CS(C)(=O)=O)CC1)N1CCC[C@@H](C(=O)OCC)C1. The molecule has 2 rings (SSSR count). The van der Waals surface area contributed by atoms with Gasteiger partial charge in [0.05, 0.1) is 18.3 Å². The number of nitrogens with one attached hydrogen (secondary N) is 1. The number of piperidine rings is 1. The van der Waals surface area contributed by atoms with Gasteiger partial charge in [-0.3, -0.25) is 9.79 Å². The van der Waals surface area contributed by atoms with Crippen LogP contribution in [0.1, 0.15) is 39.5 Å². The summed E-state index contributed by atoms with van der Waals surface area (Å²) >= 11 is 0. The molecule has 0 spiro atoms. The van der Waals surface area contributed by atoms with Crippen molar-refractivity contribution in [3.63, 3.8) is 0 Å². The first-order valence-electron chi connectivity index (χ1n) is 9.16. The number of carbonyl (C=O) groups is 1. The predicted octanol–water partition coefficient (Wildman–Crippen LogP) is 1.05. The summed E-state index contributed by atoms with van der Waals surface area (Å²) in [6.07, 6.45) is 4.87. The standard InChI is InChI=1S/C17H31N3O4S/c1-4-18-16(19-12-17(8-9-17)13-25(3,22)23)20-10-6-7-14(11-20)15(21)24-5-2/h14H,4-13H2,1-3H3,(H,18,19)/t14-/m1/s1. The molecule has 1 aliphatic heterocycles. The van der Waals surface area contributed by atoms with Crippen LogP contribution < -0.4 is 5.32 Å². The lowest BCUT2D eigenvalue weighted by Crippen LogP contribution is -2.48. The van der Waals surface area contributed by atoms with Gasteiger partial charge in [-0.2, -0.15) is 0 Å². The van der Waals surface area contributed by atoms with Crippen LogP contribution in [0.3, 0.4) is 0 Å². The molecule has 0 aromatic heterocycles. The molecule has 1 atom stereocenters. The van der Waals surface area contributed by atoms with Gasteiger partial charge in [0.2, 0.25) is 0 Å². The van der Waals surface area contributed by atoms with Crippen LogP contribution in [0.4, 0.5) is 0 Å². The van der Waals surface area contributed by atoms with Gasteiger partial charge in [0.1, 0.15) is 9.84 Å². The van der Waals surface area contributed by atoms with Crippen LogP contribution in [-0.4, -0.2) is 70.0 Å². The first-order chi connectivity index (χ1) is 11.8. The Hall–Kier alpha value is -1.31. The van der Waals surface area contributed by atoms with Gasteiger partial charge < -0.3 is 15.0 Å². The van der Waals surface area contributed by atoms with E-state index >= 15 is 0 Å². The molecule has 8 heteroatoms. The number of aliphatic imine (C=N–C) groups is 1. The number of carbonyl (C=O) groups excluding carboxylic acids is 1. The molecule has 2 fully saturated rings. The monoisotopic (exact) mass is 373 g/mol. The number of esters is 1. The quantitative estimate of drug-likeness (QED) is 0.408. The first-order valence-corrected chi connectivity index (χ1v) is 11.2. The molecule has 7 nitrogen and oxygen atoms in total. The zero-order chi connectivity index (χ0) is 18.5. The molecule has 0 unspecified atom stereocenters. The Balaban J connectivity index is 2.02. The van der Waals surface area contributed by atoms with E-state index in [-0.39, 0.29) is 23.1 Å². The minimum Gasteiger partial charge on any atom is -0.466 e. The van der Waals surface area contributed by atoms with Crippen molar-refractivity contribution in [1.29, 1.82) is 0 Å². The molecule has 0 aromatic carbocycles. The third kappa shape index (κ3) is 6.17. The Morgan fingerprint density at radius 2 is 2.08 bits per heavy atom. The van der Waals surface area contributed by atoms with Crippen LogP contribution in [-0.2, 0) is 19.4 Å². The normalized spacial score (nSPS) is 23.2. The van der Waals surface area contributed by atoms with Gasteiger partial charge in [-0.25, -0.2) is 8.42 Å². The van der Waals surface area contributed by atoms with Gasteiger partial charge in [-0.05, 0) is 39.5 Å². The zero-order valence-corrected chi connectivity index (χ0v) is 16.4. The van der Waals surface area contributed by atoms with Crippen LogP contribution >= 0.6 is 0 Å². The van der Waals surface area contributed by atoms with Crippen LogP contribution in [0.15, 0.2) is 4.99 Å². The topological polar surface area (TPSA) is 88.1 Å². The van der Waals surface area contributed by atoms with Gasteiger partial charge in [-0.15, -0.1) is 0 Å². The summed E-state index contributed by atoms with van der Waals surface area (Å²) in [6.45, 7) is 6.93. The van der Waals surface area contributed by atoms with Gasteiger partial charge in [0.25, 0.3) is 0 Å². The highest BCUT2D eigenvalue weighted by Gasteiger charge is 2.45. The van der Waals surface area contributed by atoms with Crippen LogP contribution in [0.2, 0.25) is 0 Å². The second-order valence-corrected chi connectivity index (χ2v) is 9.42. The molecule has 1 heterocycles. The highest BCUT2D eigenvalue weighted by atomic mass is 32.2. The van der Waals surface area contributed by atoms with E-state index in [9.17, 15) is 13.2 Å². The van der Waals surface area contributed by atoms with Crippen molar-refractivity contribution in [2.45, 2.75) is 39.5 Å². The number of hydrogen-bond donors (Lipinski definition) is 1. The van der Waals surface area contributed by atoms with E-state index in [2.05, 4.69) is 10.2 Å². The first kappa shape index (κ1) is 20.0. The number of sulfone groups is 1. The third-order valence-corrected chi connectivity index (χ3v) is 5.90. The zero-order valence-electron chi connectivity index (χ0n) is 15.6. The third-order valence-electron chi connectivity index (χ3n) is 4.77. The summed E-state index contributed by atoms with van der Waals surface area (Å²) in [6, 6.07) is 0. The fourth-order valence-electron chi connectivity index (χ4n) is 3.37. The maximum atomic E-state index is 12.0. The maximum Gasteiger partial charge on any atom is 0.310 e. The lowest BCUT2D eigenvalue weighted by Gasteiger charge is -2.34. The van der Waals surface area contributed by atoms with E-state index in [0.717, 1.165) is 44.7 Å². The average Bonchev–Trinajstić information content (AvgIpc) is 3.29. The molecule has 0 bridgehead atoms. The molecular formula is C17H31N3O4S. The Bertz CT molecular complexity index is 599. The molecule has 1 saturated carbocycles. The number of likely N-dealkylation sites (tertiary alicyclic amines) is 1. The maximum absolute atomic E-state index is 12.0. The van der Waals surface area contributed by atoms with E-state index in [1.165, 1.54) is 6.26 Å².